The Morgan fingerprint density at radius 1 is 1.04 bits per heavy atom. The summed E-state index contributed by atoms with van der Waals surface area (Å²) < 4.78 is 11.2. The largest absolute Gasteiger partial charge is 2.00 e. The first-order chi connectivity index (χ1) is 9.64. The van der Waals surface area contributed by atoms with Gasteiger partial charge >= 0.3 is 16.5 Å². The van der Waals surface area contributed by atoms with E-state index in [0.717, 1.165) is 16.7 Å². The van der Waals surface area contributed by atoms with Crippen LogP contribution in [-0.4, -0.2) is 10.8 Å². The van der Waals surface area contributed by atoms with Crippen molar-refractivity contribution < 1.29 is 35.9 Å². The molecule has 0 heterocycles. The van der Waals surface area contributed by atoms with E-state index in [9.17, 15) is 19.5 Å². The summed E-state index contributed by atoms with van der Waals surface area (Å²) in [6.07, 6.45) is 0.163. The molecule has 6 heteroatoms. The molecule has 0 aromatic heterocycles. The zero-order valence-electron chi connectivity index (χ0n) is 14.9. The van der Waals surface area contributed by atoms with Crippen LogP contribution in [0.3, 0.4) is 0 Å². The molecule has 23 heavy (non-hydrogen) atoms. The molecule has 0 aliphatic heterocycles. The Balaban J connectivity index is 0.00000484. The number of hydrogen-bond donors (Lipinski definition) is 1. The van der Waals surface area contributed by atoms with E-state index in [-0.39, 0.29) is 39.5 Å². The molecule has 1 unspecified atom stereocenters. The maximum Gasteiger partial charge on any atom is 2.00 e. The van der Waals surface area contributed by atoms with Crippen LogP contribution in [0.5, 0.6) is 5.75 Å². The predicted octanol–water partition coefficient (Wildman–Crippen LogP) is 2.83. The van der Waals surface area contributed by atoms with Gasteiger partial charge in [-0.25, -0.2) is 0 Å². The molecule has 1 aromatic carbocycles. The third-order valence-corrected chi connectivity index (χ3v) is 5.12. The van der Waals surface area contributed by atoms with Gasteiger partial charge in [0.05, 0.1) is 0 Å². The average molecular weight is 385 g/mol. The first-order valence-electron chi connectivity index (χ1n) is 7.52. The van der Waals surface area contributed by atoms with Gasteiger partial charge < -0.3 is 19.5 Å². The molecule has 0 fully saturated rings. The van der Waals surface area contributed by atoms with Crippen molar-refractivity contribution in [3.63, 3.8) is 0 Å². The third kappa shape index (κ3) is 5.90. The molecule has 1 atom stereocenters. The number of rotatable bonds is 3. The molecule has 0 spiro atoms. The summed E-state index contributed by atoms with van der Waals surface area (Å²) in [5.74, 6) is 0.254. The number of phenolic OH excluding ortho intramolecular Hbond substituents is 1. The average Bonchev–Trinajstić information content (AvgIpc) is 2.26. The van der Waals surface area contributed by atoms with Gasteiger partial charge in [-0.3, -0.25) is 0 Å². The Morgan fingerprint density at radius 2 is 1.39 bits per heavy atom. The van der Waals surface area contributed by atoms with Crippen LogP contribution in [0.2, 0.25) is 0 Å². The van der Waals surface area contributed by atoms with Crippen LogP contribution in [0.25, 0.3) is 0 Å². The third-order valence-electron chi connectivity index (χ3n) is 3.86. The number of benzene rings is 1. The normalized spacial score (nSPS) is 14.3. The summed E-state index contributed by atoms with van der Waals surface area (Å²) in [6.45, 7) is 13.4. The Hall–Kier alpha value is -0.336. The maximum atomic E-state index is 11.2. The second-order valence-electron chi connectivity index (χ2n) is 8.13. The van der Waals surface area contributed by atoms with E-state index < -0.39 is 13.3 Å². The molecular formula is C17H27NiO4P. The van der Waals surface area contributed by atoms with E-state index >= 15 is 0 Å². The summed E-state index contributed by atoms with van der Waals surface area (Å²) in [7, 11) is -4.61. The second-order valence-corrected chi connectivity index (χ2v) is 10.1. The topological polar surface area (TPSA) is 83.4 Å². The van der Waals surface area contributed by atoms with Gasteiger partial charge in [-0.2, -0.15) is 0 Å². The molecule has 1 N–H and O–H groups in total. The standard InChI is InChI=1S/C17H29O4P.Ni/c1-11(22(19,20)21)8-12-9-13(16(2,3)4)15(18)14(10-12)17(5,6)7;/h9-11,18H,8H2,1-7H3,(H2,19,20,21);/q;+2/p-2. The minimum absolute atomic E-state index is 0. The molecule has 1 aromatic rings. The zero-order chi connectivity index (χ0) is 17.5. The fourth-order valence-electron chi connectivity index (χ4n) is 2.41. The van der Waals surface area contributed by atoms with Gasteiger partial charge in [0, 0.05) is 0 Å². The van der Waals surface area contributed by atoms with Gasteiger partial charge in [0.2, 0.25) is 0 Å². The molecule has 0 saturated heterocycles. The van der Waals surface area contributed by atoms with Crippen molar-refractivity contribution in [1.29, 1.82) is 0 Å². The molecule has 4 nitrogen and oxygen atoms in total. The summed E-state index contributed by atoms with van der Waals surface area (Å²) in [4.78, 5) is 22.4. The molecular weight excluding hydrogens is 358 g/mol. The number of aromatic hydroxyl groups is 1. The molecule has 0 amide bonds. The van der Waals surface area contributed by atoms with Gasteiger partial charge in [0.15, 0.2) is 0 Å². The van der Waals surface area contributed by atoms with Crippen LogP contribution in [0.15, 0.2) is 12.1 Å². The van der Waals surface area contributed by atoms with E-state index in [2.05, 4.69) is 0 Å². The summed E-state index contributed by atoms with van der Waals surface area (Å²) in [6, 6.07) is 3.63. The predicted molar refractivity (Wildman–Crippen MR) is 86.3 cm³/mol. The van der Waals surface area contributed by atoms with Crippen molar-refractivity contribution in [2.45, 2.75) is 71.4 Å². The first kappa shape index (κ1) is 22.7. The molecule has 1 rings (SSSR count). The SMILES string of the molecule is CC(Cc1cc(C(C)(C)C)c(O)c(C(C)(C)C)c1)P(=O)([O-])[O-].[Ni+2]. The summed E-state index contributed by atoms with van der Waals surface area (Å²) in [5.41, 5.74) is 0.802. The van der Waals surface area contributed by atoms with Crippen LogP contribution >= 0.6 is 7.60 Å². The smallest absolute Gasteiger partial charge is 0.811 e. The minimum Gasteiger partial charge on any atom is -0.811 e. The Labute approximate surface area is 149 Å². The van der Waals surface area contributed by atoms with Crippen molar-refractivity contribution >= 4 is 7.60 Å². The molecule has 0 radical (unpaired) electrons. The fourth-order valence-corrected chi connectivity index (χ4v) is 2.84. The van der Waals surface area contributed by atoms with Crippen molar-refractivity contribution in [3.8, 4) is 5.75 Å². The van der Waals surface area contributed by atoms with E-state index in [1.54, 1.807) is 0 Å². The van der Waals surface area contributed by atoms with Gasteiger partial charge in [-0.1, -0.05) is 68.2 Å². The number of phenols is 1. The van der Waals surface area contributed by atoms with E-state index in [1.807, 2.05) is 53.7 Å². The van der Waals surface area contributed by atoms with Gasteiger partial charge in [0.1, 0.15) is 5.75 Å². The van der Waals surface area contributed by atoms with Crippen LogP contribution in [0.4, 0.5) is 0 Å². The quantitative estimate of drug-likeness (QED) is 0.641. The van der Waals surface area contributed by atoms with Gasteiger partial charge in [-0.15, -0.1) is 0 Å². The Morgan fingerprint density at radius 3 is 1.65 bits per heavy atom. The Kier molecular flexibility index (Phi) is 7.17. The van der Waals surface area contributed by atoms with E-state index in [1.165, 1.54) is 6.92 Å². The number of hydrogen-bond acceptors (Lipinski definition) is 4. The van der Waals surface area contributed by atoms with Gasteiger partial charge in [-0.05, 0) is 39.6 Å². The molecule has 0 saturated carbocycles. The monoisotopic (exact) mass is 384 g/mol. The molecule has 0 bridgehead atoms. The fraction of sp³-hybridized carbons (Fsp3) is 0.647. The van der Waals surface area contributed by atoms with E-state index in [0.29, 0.717) is 0 Å². The van der Waals surface area contributed by atoms with Crippen molar-refractivity contribution in [2.75, 3.05) is 0 Å². The van der Waals surface area contributed by atoms with Crippen LogP contribution in [0.1, 0.15) is 65.2 Å². The molecule has 134 valence electrons. The molecule has 0 aliphatic carbocycles. The van der Waals surface area contributed by atoms with Crippen LogP contribution in [0, 0.1) is 0 Å². The van der Waals surface area contributed by atoms with Crippen molar-refractivity contribution in [3.05, 3.63) is 28.8 Å². The maximum absolute atomic E-state index is 11.2. The first-order valence-corrected chi connectivity index (χ1v) is 9.14. The van der Waals surface area contributed by atoms with E-state index in [4.69, 9.17) is 0 Å². The van der Waals surface area contributed by atoms with Crippen LogP contribution in [-0.2, 0) is 38.3 Å². The summed E-state index contributed by atoms with van der Waals surface area (Å²) in [5, 5.41) is 10.6. The summed E-state index contributed by atoms with van der Waals surface area (Å²) >= 11 is 0. The zero-order valence-corrected chi connectivity index (χ0v) is 16.8. The van der Waals surface area contributed by atoms with Crippen LogP contribution < -0.4 is 9.79 Å². The van der Waals surface area contributed by atoms with Crippen molar-refractivity contribution in [1.82, 2.24) is 0 Å². The van der Waals surface area contributed by atoms with Crippen molar-refractivity contribution in [2.24, 2.45) is 0 Å². The molecule has 0 aliphatic rings. The Bertz CT molecular complexity index is 559. The van der Waals surface area contributed by atoms with Gasteiger partial charge in [0.25, 0.3) is 0 Å². The second kappa shape index (κ2) is 7.27. The minimum atomic E-state index is -4.61.